The van der Waals surface area contributed by atoms with Crippen LogP contribution in [0.25, 0.3) is 0 Å². The molecule has 0 bridgehead atoms. The number of benzene rings is 2. The maximum absolute atomic E-state index is 13.3. The molecule has 0 radical (unpaired) electrons. The molecule has 1 aromatic heterocycles. The van der Waals surface area contributed by atoms with Crippen LogP contribution < -0.4 is 15.4 Å². The first-order valence-electron chi connectivity index (χ1n) is 8.61. The predicted molar refractivity (Wildman–Crippen MR) is 99.5 cm³/mol. The van der Waals surface area contributed by atoms with Crippen LogP contribution in [0, 0.1) is 5.82 Å². The van der Waals surface area contributed by atoms with Crippen LogP contribution in [0.5, 0.6) is 5.75 Å². The molecule has 0 spiro atoms. The normalized spacial score (nSPS) is 13.9. The largest absolute Gasteiger partial charge is 0.482 e. The second-order valence-electron chi connectivity index (χ2n) is 6.40. The van der Waals surface area contributed by atoms with Gasteiger partial charge >= 0.3 is 0 Å². The number of anilines is 1. The fourth-order valence-corrected chi connectivity index (χ4v) is 3.04. The third-order valence-electron chi connectivity index (χ3n) is 4.47. The number of carbonyl (C=O) groups is 2. The van der Waals surface area contributed by atoms with Crippen molar-refractivity contribution in [2.75, 3.05) is 11.9 Å². The summed E-state index contributed by atoms with van der Waals surface area (Å²) in [5, 5.41) is 5.62. The van der Waals surface area contributed by atoms with Gasteiger partial charge in [0, 0.05) is 25.0 Å². The maximum atomic E-state index is 13.3. The van der Waals surface area contributed by atoms with Crippen molar-refractivity contribution >= 4 is 17.5 Å². The number of hydrogen-bond acceptors (Lipinski definition) is 4. The van der Waals surface area contributed by atoms with E-state index in [1.807, 2.05) is 7.05 Å². The van der Waals surface area contributed by atoms with E-state index in [9.17, 15) is 14.0 Å². The van der Waals surface area contributed by atoms with Gasteiger partial charge in [-0.15, -0.1) is 0 Å². The highest BCUT2D eigenvalue weighted by Gasteiger charge is 2.23. The fourth-order valence-electron chi connectivity index (χ4n) is 3.04. The van der Waals surface area contributed by atoms with E-state index in [1.54, 1.807) is 47.3 Å². The zero-order chi connectivity index (χ0) is 19.7. The average molecular weight is 380 g/mol. The smallest absolute Gasteiger partial charge is 0.262 e. The SMILES string of the molecule is Cn1ccnc1C(NC(=O)c1ccc2c(c1)OCC(=O)N2)c1ccc(F)cc1. The second-order valence-corrected chi connectivity index (χ2v) is 6.40. The Bertz CT molecular complexity index is 1050. The molecule has 0 aliphatic carbocycles. The zero-order valence-electron chi connectivity index (χ0n) is 15.0. The zero-order valence-corrected chi connectivity index (χ0v) is 15.0. The number of amides is 2. The monoisotopic (exact) mass is 380 g/mol. The number of aryl methyl sites for hydroxylation is 1. The Hall–Kier alpha value is -3.68. The number of carbonyl (C=O) groups excluding carboxylic acids is 2. The summed E-state index contributed by atoms with van der Waals surface area (Å²) in [4.78, 5) is 28.6. The summed E-state index contributed by atoms with van der Waals surface area (Å²) in [6.45, 7) is -0.0937. The van der Waals surface area contributed by atoms with Gasteiger partial charge in [0.25, 0.3) is 11.8 Å². The molecule has 0 saturated heterocycles. The van der Waals surface area contributed by atoms with Crippen molar-refractivity contribution in [1.29, 1.82) is 0 Å². The number of imidazole rings is 1. The molecule has 8 heteroatoms. The van der Waals surface area contributed by atoms with Gasteiger partial charge in [0.15, 0.2) is 6.61 Å². The Morgan fingerprint density at radius 2 is 2.07 bits per heavy atom. The van der Waals surface area contributed by atoms with Crippen LogP contribution in [0.15, 0.2) is 54.9 Å². The van der Waals surface area contributed by atoms with Gasteiger partial charge in [0.05, 0.1) is 5.69 Å². The van der Waals surface area contributed by atoms with Gasteiger partial charge in [-0.25, -0.2) is 9.37 Å². The molecular weight excluding hydrogens is 363 g/mol. The topological polar surface area (TPSA) is 85.2 Å². The van der Waals surface area contributed by atoms with Crippen molar-refractivity contribution in [2.45, 2.75) is 6.04 Å². The van der Waals surface area contributed by atoms with Crippen molar-refractivity contribution in [1.82, 2.24) is 14.9 Å². The van der Waals surface area contributed by atoms with E-state index >= 15 is 0 Å². The molecule has 2 aromatic carbocycles. The first-order valence-corrected chi connectivity index (χ1v) is 8.61. The third-order valence-corrected chi connectivity index (χ3v) is 4.47. The summed E-state index contributed by atoms with van der Waals surface area (Å²) in [7, 11) is 1.82. The molecule has 0 saturated carbocycles. The lowest BCUT2D eigenvalue weighted by Crippen LogP contribution is -2.31. The van der Waals surface area contributed by atoms with Crippen LogP contribution in [0.1, 0.15) is 27.8 Å². The quantitative estimate of drug-likeness (QED) is 0.728. The van der Waals surface area contributed by atoms with Crippen LogP contribution in [-0.2, 0) is 11.8 Å². The number of aromatic nitrogens is 2. The van der Waals surface area contributed by atoms with Crippen molar-refractivity contribution in [3.8, 4) is 5.75 Å². The van der Waals surface area contributed by atoms with Crippen molar-refractivity contribution in [3.63, 3.8) is 0 Å². The predicted octanol–water partition coefficient (Wildman–Crippen LogP) is 2.41. The Morgan fingerprint density at radius 3 is 2.79 bits per heavy atom. The number of halogens is 1. The third kappa shape index (κ3) is 3.44. The summed E-state index contributed by atoms with van der Waals surface area (Å²) in [6, 6.07) is 10.1. The number of hydrogen-bond donors (Lipinski definition) is 2. The van der Waals surface area contributed by atoms with Crippen LogP contribution in [0.2, 0.25) is 0 Å². The van der Waals surface area contributed by atoms with Gasteiger partial charge in [0.2, 0.25) is 0 Å². The van der Waals surface area contributed by atoms with Crippen molar-refractivity contribution in [3.05, 3.63) is 77.6 Å². The van der Waals surface area contributed by atoms with E-state index in [0.717, 1.165) is 0 Å². The molecule has 1 aliphatic rings. The highest BCUT2D eigenvalue weighted by atomic mass is 19.1. The number of rotatable bonds is 4. The Morgan fingerprint density at radius 1 is 1.29 bits per heavy atom. The lowest BCUT2D eigenvalue weighted by Gasteiger charge is -2.21. The minimum absolute atomic E-state index is 0.0937. The van der Waals surface area contributed by atoms with Gasteiger partial charge in [0.1, 0.15) is 23.4 Å². The number of nitrogens with one attached hydrogen (secondary N) is 2. The summed E-state index contributed by atoms with van der Waals surface area (Å²) < 4.78 is 20.5. The van der Waals surface area contributed by atoms with Crippen LogP contribution in [-0.4, -0.2) is 28.0 Å². The summed E-state index contributed by atoms with van der Waals surface area (Å²) in [5.41, 5.74) is 1.59. The number of ether oxygens (including phenoxy) is 1. The average Bonchev–Trinajstić information content (AvgIpc) is 3.12. The molecule has 2 heterocycles. The minimum Gasteiger partial charge on any atom is -0.482 e. The molecular formula is C20H17FN4O3. The van der Waals surface area contributed by atoms with E-state index in [0.29, 0.717) is 28.4 Å². The number of fused-ring (bicyclic) bond motifs is 1. The Balaban J connectivity index is 1.63. The molecule has 0 fully saturated rings. The number of nitrogens with zero attached hydrogens (tertiary/aromatic N) is 2. The van der Waals surface area contributed by atoms with E-state index in [4.69, 9.17) is 4.74 Å². The molecule has 1 aliphatic heterocycles. The Labute approximate surface area is 160 Å². The lowest BCUT2D eigenvalue weighted by atomic mass is 10.0. The van der Waals surface area contributed by atoms with Crippen LogP contribution >= 0.6 is 0 Å². The highest BCUT2D eigenvalue weighted by Crippen LogP contribution is 2.29. The molecule has 28 heavy (non-hydrogen) atoms. The summed E-state index contributed by atoms with van der Waals surface area (Å²) in [5.74, 6) is 0.100. The van der Waals surface area contributed by atoms with E-state index < -0.39 is 6.04 Å². The van der Waals surface area contributed by atoms with Crippen LogP contribution in [0.4, 0.5) is 10.1 Å². The van der Waals surface area contributed by atoms with Crippen molar-refractivity contribution in [2.24, 2.45) is 7.05 Å². The van der Waals surface area contributed by atoms with Crippen molar-refractivity contribution < 1.29 is 18.7 Å². The first kappa shape index (κ1) is 17.7. The molecule has 3 aromatic rings. The molecule has 1 atom stereocenters. The van der Waals surface area contributed by atoms with Gasteiger partial charge in [-0.1, -0.05) is 12.1 Å². The second kappa shape index (κ2) is 7.15. The van der Waals surface area contributed by atoms with Gasteiger partial charge in [-0.3, -0.25) is 9.59 Å². The fraction of sp³-hybridized carbons (Fsp3) is 0.150. The summed E-state index contributed by atoms with van der Waals surface area (Å²) >= 11 is 0. The summed E-state index contributed by atoms with van der Waals surface area (Å²) in [6.07, 6.45) is 3.40. The van der Waals surface area contributed by atoms with Gasteiger partial charge in [-0.05, 0) is 35.9 Å². The molecule has 4 rings (SSSR count). The van der Waals surface area contributed by atoms with E-state index in [-0.39, 0.29) is 24.2 Å². The lowest BCUT2D eigenvalue weighted by molar-refractivity contribution is -0.118. The minimum atomic E-state index is -0.565. The van der Waals surface area contributed by atoms with Gasteiger partial charge in [-0.2, -0.15) is 0 Å². The molecule has 7 nitrogen and oxygen atoms in total. The van der Waals surface area contributed by atoms with Crippen LogP contribution in [0.3, 0.4) is 0 Å². The van der Waals surface area contributed by atoms with Gasteiger partial charge < -0.3 is 19.9 Å². The molecule has 2 N–H and O–H groups in total. The Kier molecular flexibility index (Phi) is 4.52. The standard InChI is InChI=1S/C20H17FN4O3/c1-25-9-8-22-19(25)18(12-2-5-14(21)6-3-12)24-20(27)13-4-7-15-16(10-13)28-11-17(26)23-15/h2-10,18H,11H2,1H3,(H,23,26)(H,24,27). The van der Waals surface area contributed by atoms with E-state index in [1.165, 1.54) is 12.1 Å². The maximum Gasteiger partial charge on any atom is 0.262 e. The molecule has 1 unspecified atom stereocenters. The van der Waals surface area contributed by atoms with E-state index in [2.05, 4.69) is 15.6 Å². The molecule has 142 valence electrons. The first-order chi connectivity index (χ1) is 13.5. The highest BCUT2D eigenvalue weighted by molar-refractivity contribution is 5.99. The molecule has 2 amide bonds.